The summed E-state index contributed by atoms with van der Waals surface area (Å²) in [5, 5.41) is 0. The van der Waals surface area contributed by atoms with Gasteiger partial charge >= 0.3 is 0 Å². The molecular weight excluding hydrogens is 188 g/mol. The van der Waals surface area contributed by atoms with Gasteiger partial charge in [0.25, 0.3) is 0 Å². The van der Waals surface area contributed by atoms with Crippen molar-refractivity contribution in [2.24, 2.45) is 11.1 Å². The Balaban J connectivity index is 2.75. The van der Waals surface area contributed by atoms with Crippen LogP contribution < -0.4 is 5.73 Å². The number of hydrogen-bond donors (Lipinski definition) is 1. The van der Waals surface area contributed by atoms with Crippen LogP contribution in [0, 0.1) is 5.41 Å². The molecule has 1 amide bonds. The lowest BCUT2D eigenvalue weighted by Gasteiger charge is -2.38. The standard InChI is InChI=1S/C12H24N2O/c1-3-14(4-2)11(15)12(10-13)8-6-5-7-9-12/h3-10,13H2,1-2H3. The summed E-state index contributed by atoms with van der Waals surface area (Å²) in [6.07, 6.45) is 5.54. The molecule has 2 N–H and O–H groups in total. The van der Waals surface area contributed by atoms with Crippen molar-refractivity contribution in [1.82, 2.24) is 4.90 Å². The maximum Gasteiger partial charge on any atom is 0.230 e. The minimum absolute atomic E-state index is 0.232. The minimum Gasteiger partial charge on any atom is -0.343 e. The summed E-state index contributed by atoms with van der Waals surface area (Å²) in [7, 11) is 0. The monoisotopic (exact) mass is 212 g/mol. The fourth-order valence-corrected chi connectivity index (χ4v) is 2.58. The van der Waals surface area contributed by atoms with Crippen LogP contribution in [0.3, 0.4) is 0 Å². The van der Waals surface area contributed by atoms with Gasteiger partial charge in [0.2, 0.25) is 5.91 Å². The fourth-order valence-electron chi connectivity index (χ4n) is 2.58. The Morgan fingerprint density at radius 2 is 1.73 bits per heavy atom. The molecule has 1 rings (SSSR count). The second-order valence-electron chi connectivity index (χ2n) is 4.52. The van der Waals surface area contributed by atoms with E-state index in [0.717, 1.165) is 38.8 Å². The highest BCUT2D eigenvalue weighted by Crippen LogP contribution is 2.36. The summed E-state index contributed by atoms with van der Waals surface area (Å²) in [5.74, 6) is 0.287. The second kappa shape index (κ2) is 5.50. The molecule has 0 aromatic rings. The van der Waals surface area contributed by atoms with E-state index in [4.69, 9.17) is 5.73 Å². The summed E-state index contributed by atoms with van der Waals surface area (Å²) in [4.78, 5) is 14.3. The molecule has 1 aliphatic carbocycles. The zero-order chi connectivity index (χ0) is 11.3. The summed E-state index contributed by atoms with van der Waals surface area (Å²) < 4.78 is 0. The van der Waals surface area contributed by atoms with Crippen LogP contribution in [-0.4, -0.2) is 30.4 Å². The number of amides is 1. The zero-order valence-corrected chi connectivity index (χ0v) is 10.1. The molecular formula is C12H24N2O. The predicted molar refractivity (Wildman–Crippen MR) is 62.5 cm³/mol. The van der Waals surface area contributed by atoms with Crippen LogP contribution in [0.1, 0.15) is 46.0 Å². The molecule has 0 aliphatic heterocycles. The first kappa shape index (κ1) is 12.5. The molecule has 0 aromatic carbocycles. The van der Waals surface area contributed by atoms with E-state index in [2.05, 4.69) is 0 Å². The van der Waals surface area contributed by atoms with E-state index in [1.807, 2.05) is 18.7 Å². The van der Waals surface area contributed by atoms with E-state index in [1.165, 1.54) is 6.42 Å². The summed E-state index contributed by atoms with van der Waals surface area (Å²) in [6.45, 7) is 6.19. The lowest BCUT2D eigenvalue weighted by Crippen LogP contribution is -2.49. The average Bonchev–Trinajstić information content (AvgIpc) is 2.31. The third-order valence-electron chi connectivity index (χ3n) is 3.71. The molecule has 0 radical (unpaired) electrons. The molecule has 0 atom stereocenters. The SMILES string of the molecule is CCN(CC)C(=O)C1(CN)CCCCC1. The number of carbonyl (C=O) groups is 1. The quantitative estimate of drug-likeness (QED) is 0.772. The largest absolute Gasteiger partial charge is 0.343 e. The van der Waals surface area contributed by atoms with Crippen molar-refractivity contribution in [1.29, 1.82) is 0 Å². The molecule has 1 aliphatic rings. The molecule has 15 heavy (non-hydrogen) atoms. The smallest absolute Gasteiger partial charge is 0.230 e. The normalized spacial score (nSPS) is 19.9. The highest BCUT2D eigenvalue weighted by Gasteiger charge is 2.39. The molecule has 88 valence electrons. The number of nitrogens with two attached hydrogens (primary N) is 1. The van der Waals surface area contributed by atoms with Crippen molar-refractivity contribution < 1.29 is 4.79 Å². The van der Waals surface area contributed by atoms with Crippen molar-refractivity contribution in [2.75, 3.05) is 19.6 Å². The van der Waals surface area contributed by atoms with E-state index in [0.29, 0.717) is 6.54 Å². The van der Waals surface area contributed by atoms with E-state index < -0.39 is 0 Å². The molecule has 3 nitrogen and oxygen atoms in total. The maximum absolute atomic E-state index is 12.4. The van der Waals surface area contributed by atoms with Gasteiger partial charge in [-0.25, -0.2) is 0 Å². The summed E-state index contributed by atoms with van der Waals surface area (Å²) >= 11 is 0. The van der Waals surface area contributed by atoms with Gasteiger partial charge in [0.1, 0.15) is 0 Å². The van der Waals surface area contributed by atoms with E-state index in [-0.39, 0.29) is 11.3 Å². The predicted octanol–water partition coefficient (Wildman–Crippen LogP) is 1.76. The van der Waals surface area contributed by atoms with Crippen LogP contribution in [0.4, 0.5) is 0 Å². The Morgan fingerprint density at radius 1 is 1.20 bits per heavy atom. The first-order valence-electron chi connectivity index (χ1n) is 6.19. The number of hydrogen-bond acceptors (Lipinski definition) is 2. The van der Waals surface area contributed by atoms with Crippen LogP contribution in [-0.2, 0) is 4.79 Å². The summed E-state index contributed by atoms with van der Waals surface area (Å²) in [5.41, 5.74) is 5.61. The maximum atomic E-state index is 12.4. The lowest BCUT2D eigenvalue weighted by atomic mass is 9.73. The number of nitrogens with zero attached hydrogens (tertiary/aromatic N) is 1. The Hall–Kier alpha value is -0.570. The van der Waals surface area contributed by atoms with Gasteiger partial charge < -0.3 is 10.6 Å². The van der Waals surface area contributed by atoms with E-state index in [1.54, 1.807) is 0 Å². The Bertz CT molecular complexity index is 206. The average molecular weight is 212 g/mol. The van der Waals surface area contributed by atoms with Gasteiger partial charge in [0, 0.05) is 19.6 Å². The van der Waals surface area contributed by atoms with Crippen LogP contribution >= 0.6 is 0 Å². The Kier molecular flexibility index (Phi) is 4.58. The van der Waals surface area contributed by atoms with Crippen molar-refractivity contribution >= 4 is 5.91 Å². The molecule has 0 saturated heterocycles. The van der Waals surface area contributed by atoms with Gasteiger partial charge in [0.05, 0.1) is 5.41 Å². The molecule has 1 fully saturated rings. The van der Waals surface area contributed by atoms with Crippen LogP contribution in [0.15, 0.2) is 0 Å². The molecule has 0 unspecified atom stereocenters. The van der Waals surface area contributed by atoms with Crippen LogP contribution in [0.5, 0.6) is 0 Å². The zero-order valence-electron chi connectivity index (χ0n) is 10.1. The Morgan fingerprint density at radius 3 is 2.13 bits per heavy atom. The third kappa shape index (κ3) is 2.51. The highest BCUT2D eigenvalue weighted by atomic mass is 16.2. The Labute approximate surface area is 93.0 Å². The van der Waals surface area contributed by atoms with Crippen molar-refractivity contribution in [3.8, 4) is 0 Å². The number of carbonyl (C=O) groups excluding carboxylic acids is 1. The van der Waals surface area contributed by atoms with E-state index in [9.17, 15) is 4.79 Å². The lowest BCUT2D eigenvalue weighted by molar-refractivity contribution is -0.143. The van der Waals surface area contributed by atoms with Crippen molar-refractivity contribution in [3.05, 3.63) is 0 Å². The summed E-state index contributed by atoms with van der Waals surface area (Å²) in [6, 6.07) is 0. The van der Waals surface area contributed by atoms with Gasteiger partial charge in [-0.2, -0.15) is 0 Å². The topological polar surface area (TPSA) is 46.3 Å². The van der Waals surface area contributed by atoms with E-state index >= 15 is 0 Å². The molecule has 3 heteroatoms. The van der Waals surface area contributed by atoms with Gasteiger partial charge in [-0.3, -0.25) is 4.79 Å². The van der Waals surface area contributed by atoms with Gasteiger partial charge in [-0.1, -0.05) is 19.3 Å². The van der Waals surface area contributed by atoms with Crippen molar-refractivity contribution in [3.63, 3.8) is 0 Å². The molecule has 0 spiro atoms. The van der Waals surface area contributed by atoms with Crippen LogP contribution in [0.2, 0.25) is 0 Å². The highest BCUT2D eigenvalue weighted by molar-refractivity contribution is 5.83. The molecule has 0 aromatic heterocycles. The molecule has 0 bridgehead atoms. The second-order valence-corrected chi connectivity index (χ2v) is 4.52. The van der Waals surface area contributed by atoms with Crippen LogP contribution in [0.25, 0.3) is 0 Å². The van der Waals surface area contributed by atoms with Gasteiger partial charge in [-0.05, 0) is 26.7 Å². The number of rotatable bonds is 4. The third-order valence-corrected chi connectivity index (χ3v) is 3.71. The fraction of sp³-hybridized carbons (Fsp3) is 0.917. The molecule has 1 saturated carbocycles. The van der Waals surface area contributed by atoms with Crippen molar-refractivity contribution in [2.45, 2.75) is 46.0 Å². The minimum atomic E-state index is -0.232. The molecule has 0 heterocycles. The van der Waals surface area contributed by atoms with Gasteiger partial charge in [0.15, 0.2) is 0 Å². The first-order chi connectivity index (χ1) is 7.20. The van der Waals surface area contributed by atoms with Gasteiger partial charge in [-0.15, -0.1) is 0 Å². The first-order valence-corrected chi connectivity index (χ1v) is 6.19.